The number of hydrogen-bond acceptors (Lipinski definition) is 6. The molecule has 0 atom stereocenters. The molecule has 0 spiro atoms. The van der Waals surface area contributed by atoms with Crippen molar-refractivity contribution in [3.05, 3.63) is 24.8 Å². The molecule has 1 N–H and O–H groups in total. The first-order valence-electron chi connectivity index (χ1n) is 4.00. The molecule has 0 bridgehead atoms. The van der Waals surface area contributed by atoms with Crippen molar-refractivity contribution in [3.63, 3.8) is 0 Å². The first-order chi connectivity index (χ1) is 6.93. The minimum absolute atomic E-state index is 0.963. The van der Waals surface area contributed by atoms with Crippen LogP contribution in [0.5, 0.6) is 0 Å². The van der Waals surface area contributed by atoms with Crippen LogP contribution in [0.2, 0.25) is 0 Å². The second-order valence-electron chi connectivity index (χ2n) is 2.76. The zero-order valence-corrected chi connectivity index (χ0v) is 7.82. The van der Waals surface area contributed by atoms with Crippen LogP contribution in [0.15, 0.2) is 34.6 Å². The molecule has 2 aromatic heterocycles. The summed E-state index contributed by atoms with van der Waals surface area (Å²) in [7, 11) is 0. The molecule has 1 aliphatic rings. The van der Waals surface area contributed by atoms with E-state index in [-0.39, 0.29) is 0 Å². The molecule has 14 heavy (non-hydrogen) atoms. The van der Waals surface area contributed by atoms with Gasteiger partial charge in [-0.05, 0) is 0 Å². The summed E-state index contributed by atoms with van der Waals surface area (Å²) in [6.07, 6.45) is 6.87. The average Bonchev–Trinajstić information content (AvgIpc) is 2.26. The van der Waals surface area contributed by atoms with Gasteiger partial charge in [0.05, 0.1) is 46.0 Å². The van der Waals surface area contributed by atoms with Crippen LogP contribution in [-0.4, -0.2) is 20.4 Å². The Morgan fingerprint density at radius 3 is 1.86 bits per heavy atom. The lowest BCUT2D eigenvalue weighted by Gasteiger charge is -2.17. The van der Waals surface area contributed by atoms with E-state index in [2.05, 4.69) is 25.7 Å². The number of nitrogens with zero attached hydrogens (tertiary/aromatic N) is 4. The molecule has 0 unspecified atom stereocenters. The summed E-state index contributed by atoms with van der Waals surface area (Å²) in [6, 6.07) is 0. The van der Waals surface area contributed by atoms with Gasteiger partial charge in [-0.25, -0.2) is 0 Å². The van der Waals surface area contributed by atoms with Gasteiger partial charge in [0.15, 0.2) is 0 Å². The van der Waals surface area contributed by atoms with Gasteiger partial charge in [0.1, 0.15) is 0 Å². The largest absolute Gasteiger partial charge is 0.351 e. The maximum absolute atomic E-state index is 3.82. The molecule has 5 nitrogen and oxygen atoms in total. The Morgan fingerprint density at radius 2 is 1.29 bits per heavy atom. The third-order valence-corrected chi connectivity index (χ3v) is 2.97. The predicted octanol–water partition coefficient (Wildman–Crippen LogP) is 1.47. The van der Waals surface area contributed by atoms with Crippen molar-refractivity contribution < 1.29 is 0 Å². The van der Waals surface area contributed by atoms with E-state index in [0.717, 1.165) is 21.2 Å². The summed E-state index contributed by atoms with van der Waals surface area (Å²) < 4.78 is 0. The molecular formula is C8H5N5S. The SMILES string of the molecule is c1nncc2c1Nc1cnncc1S2. The van der Waals surface area contributed by atoms with E-state index in [1.54, 1.807) is 36.5 Å². The summed E-state index contributed by atoms with van der Waals surface area (Å²) in [6.45, 7) is 0. The second kappa shape index (κ2) is 2.91. The monoisotopic (exact) mass is 203 g/mol. The minimum Gasteiger partial charge on any atom is -0.351 e. The molecular weight excluding hydrogens is 198 g/mol. The fourth-order valence-corrected chi connectivity index (χ4v) is 2.10. The van der Waals surface area contributed by atoms with Crippen molar-refractivity contribution in [3.8, 4) is 0 Å². The van der Waals surface area contributed by atoms with Gasteiger partial charge in [-0.1, -0.05) is 11.8 Å². The lowest BCUT2D eigenvalue weighted by molar-refractivity contribution is 0.975. The van der Waals surface area contributed by atoms with Crippen LogP contribution in [0.4, 0.5) is 11.4 Å². The summed E-state index contributed by atoms with van der Waals surface area (Å²) in [5.74, 6) is 0. The van der Waals surface area contributed by atoms with E-state index in [1.165, 1.54) is 0 Å². The van der Waals surface area contributed by atoms with Crippen molar-refractivity contribution in [1.82, 2.24) is 20.4 Å². The van der Waals surface area contributed by atoms with Crippen LogP contribution in [0.1, 0.15) is 0 Å². The van der Waals surface area contributed by atoms with Gasteiger partial charge in [-0.2, -0.15) is 20.4 Å². The van der Waals surface area contributed by atoms with Crippen molar-refractivity contribution in [1.29, 1.82) is 0 Å². The Bertz CT molecular complexity index is 399. The number of rotatable bonds is 0. The van der Waals surface area contributed by atoms with Gasteiger partial charge in [-0.3, -0.25) is 0 Å². The predicted molar refractivity (Wildman–Crippen MR) is 51.5 cm³/mol. The summed E-state index contributed by atoms with van der Waals surface area (Å²) in [4.78, 5) is 2.11. The Morgan fingerprint density at radius 1 is 0.786 bits per heavy atom. The molecule has 3 heterocycles. The van der Waals surface area contributed by atoms with Crippen molar-refractivity contribution in [2.24, 2.45) is 0 Å². The molecule has 0 aromatic carbocycles. The van der Waals surface area contributed by atoms with E-state index in [0.29, 0.717) is 0 Å². The minimum atomic E-state index is 0.963. The first kappa shape index (κ1) is 7.69. The van der Waals surface area contributed by atoms with E-state index in [1.807, 2.05) is 0 Å². The number of fused-ring (bicyclic) bond motifs is 2. The van der Waals surface area contributed by atoms with Crippen LogP contribution in [-0.2, 0) is 0 Å². The van der Waals surface area contributed by atoms with Crippen LogP contribution in [0.3, 0.4) is 0 Å². The number of hydrogen-bond donors (Lipinski definition) is 1. The van der Waals surface area contributed by atoms with Gasteiger partial charge >= 0.3 is 0 Å². The third-order valence-electron chi connectivity index (χ3n) is 1.88. The van der Waals surface area contributed by atoms with Gasteiger partial charge in [0.25, 0.3) is 0 Å². The molecule has 0 radical (unpaired) electrons. The fraction of sp³-hybridized carbons (Fsp3) is 0. The number of anilines is 2. The number of nitrogens with one attached hydrogen (secondary N) is 1. The molecule has 0 saturated carbocycles. The highest BCUT2D eigenvalue weighted by molar-refractivity contribution is 7.99. The molecule has 0 amide bonds. The van der Waals surface area contributed by atoms with E-state index < -0.39 is 0 Å². The topological polar surface area (TPSA) is 63.6 Å². The molecule has 2 aromatic rings. The Hall–Kier alpha value is -1.69. The van der Waals surface area contributed by atoms with E-state index in [9.17, 15) is 0 Å². The zero-order valence-electron chi connectivity index (χ0n) is 7.01. The molecule has 3 rings (SSSR count). The van der Waals surface area contributed by atoms with Gasteiger partial charge in [-0.15, -0.1) is 0 Å². The smallest absolute Gasteiger partial charge is 0.0748 e. The molecule has 0 saturated heterocycles. The zero-order chi connectivity index (χ0) is 9.38. The van der Waals surface area contributed by atoms with E-state index >= 15 is 0 Å². The second-order valence-corrected chi connectivity index (χ2v) is 3.84. The van der Waals surface area contributed by atoms with Crippen LogP contribution in [0, 0.1) is 0 Å². The molecule has 0 fully saturated rings. The van der Waals surface area contributed by atoms with Crippen molar-refractivity contribution in [2.75, 3.05) is 5.32 Å². The molecule has 6 heteroatoms. The number of aromatic nitrogens is 4. The Kier molecular flexibility index (Phi) is 1.60. The van der Waals surface area contributed by atoms with Crippen LogP contribution >= 0.6 is 11.8 Å². The molecule has 0 aliphatic carbocycles. The maximum Gasteiger partial charge on any atom is 0.0748 e. The van der Waals surface area contributed by atoms with Crippen LogP contribution < -0.4 is 5.32 Å². The highest BCUT2D eigenvalue weighted by Crippen LogP contribution is 2.41. The standard InChI is InChI=1S/C8H5N5S/c1-5-7(3-11-9-1)14-8-4-12-10-2-6(8)13-5/h1-4,13H. The Balaban J connectivity index is 2.12. The highest BCUT2D eigenvalue weighted by Gasteiger charge is 2.15. The van der Waals surface area contributed by atoms with Gasteiger partial charge < -0.3 is 5.32 Å². The average molecular weight is 203 g/mol. The van der Waals surface area contributed by atoms with Crippen molar-refractivity contribution in [2.45, 2.75) is 9.79 Å². The lowest BCUT2D eigenvalue weighted by atomic mass is 10.4. The van der Waals surface area contributed by atoms with E-state index in [4.69, 9.17) is 0 Å². The van der Waals surface area contributed by atoms with Crippen LogP contribution in [0.25, 0.3) is 0 Å². The van der Waals surface area contributed by atoms with Gasteiger partial charge in [0.2, 0.25) is 0 Å². The first-order valence-corrected chi connectivity index (χ1v) is 4.81. The molecule has 68 valence electrons. The normalized spacial score (nSPS) is 12.6. The lowest BCUT2D eigenvalue weighted by Crippen LogP contribution is -2.02. The summed E-state index contributed by atoms with van der Waals surface area (Å²) in [5, 5.41) is 18.5. The maximum atomic E-state index is 3.82. The summed E-state index contributed by atoms with van der Waals surface area (Å²) >= 11 is 1.61. The quantitative estimate of drug-likeness (QED) is 0.597. The highest BCUT2D eigenvalue weighted by atomic mass is 32.2. The fourth-order valence-electron chi connectivity index (χ4n) is 1.23. The Labute approximate surface area is 84.0 Å². The third kappa shape index (κ3) is 1.12. The summed E-state index contributed by atoms with van der Waals surface area (Å²) in [5.41, 5.74) is 1.93. The van der Waals surface area contributed by atoms with Gasteiger partial charge in [0, 0.05) is 0 Å². The van der Waals surface area contributed by atoms with Crippen molar-refractivity contribution >= 4 is 23.1 Å². The molecule has 1 aliphatic heterocycles.